The number of anilines is 2. The molecule has 180 valence electrons. The number of sulfonamides is 1. The van der Waals surface area contributed by atoms with Gasteiger partial charge in [0.2, 0.25) is 10.0 Å². The molecule has 2 aromatic heterocycles. The van der Waals surface area contributed by atoms with Crippen LogP contribution in [0.2, 0.25) is 0 Å². The molecule has 1 atom stereocenters. The number of pyridine rings is 1. The summed E-state index contributed by atoms with van der Waals surface area (Å²) >= 11 is 0. The quantitative estimate of drug-likeness (QED) is 0.443. The molecular formula is C26H27N5O3S. The van der Waals surface area contributed by atoms with E-state index in [4.69, 9.17) is 10.1 Å². The number of hydrogen-bond donors (Lipinski definition) is 2. The first kappa shape index (κ1) is 23.1. The van der Waals surface area contributed by atoms with Gasteiger partial charge < -0.3 is 10.2 Å². The van der Waals surface area contributed by atoms with Crippen LogP contribution < -0.4 is 20.9 Å². The van der Waals surface area contributed by atoms with E-state index in [0.29, 0.717) is 35.8 Å². The van der Waals surface area contributed by atoms with Crippen molar-refractivity contribution in [3.63, 3.8) is 0 Å². The fourth-order valence-corrected chi connectivity index (χ4v) is 5.44. The van der Waals surface area contributed by atoms with Crippen LogP contribution in [0.3, 0.4) is 0 Å². The lowest BCUT2D eigenvalue weighted by Crippen LogP contribution is -2.27. The average molecular weight is 490 g/mol. The molecule has 1 aliphatic heterocycles. The van der Waals surface area contributed by atoms with E-state index in [2.05, 4.69) is 22.3 Å². The molecular weight excluding hydrogens is 462 g/mol. The van der Waals surface area contributed by atoms with Crippen molar-refractivity contribution in [2.75, 3.05) is 10.2 Å². The Bertz CT molecular complexity index is 1600. The van der Waals surface area contributed by atoms with Crippen LogP contribution in [-0.2, 0) is 23.1 Å². The van der Waals surface area contributed by atoms with Crippen LogP contribution in [-0.4, -0.2) is 17.8 Å². The zero-order valence-corrected chi connectivity index (χ0v) is 20.6. The van der Waals surface area contributed by atoms with Gasteiger partial charge in [-0.15, -0.1) is 0 Å². The summed E-state index contributed by atoms with van der Waals surface area (Å²) in [4.78, 5) is 20.5. The highest BCUT2D eigenvalue weighted by molar-refractivity contribution is 7.89. The van der Waals surface area contributed by atoms with E-state index in [-0.39, 0.29) is 16.5 Å². The number of nitrogens with two attached hydrogens (primary N) is 1. The van der Waals surface area contributed by atoms with Crippen molar-refractivity contribution in [2.45, 2.75) is 44.8 Å². The van der Waals surface area contributed by atoms with Crippen LogP contribution in [0.5, 0.6) is 0 Å². The Kier molecular flexibility index (Phi) is 5.61. The maximum Gasteiger partial charge on any atom is 0.262 e. The maximum absolute atomic E-state index is 13.4. The summed E-state index contributed by atoms with van der Waals surface area (Å²) in [5, 5.41) is 8.68. The lowest BCUT2D eigenvalue weighted by molar-refractivity contribution is 0.598. The summed E-state index contributed by atoms with van der Waals surface area (Å²) in [5.74, 6) is 0.661. The van der Waals surface area contributed by atoms with Gasteiger partial charge in [-0.05, 0) is 55.7 Å². The Morgan fingerprint density at radius 2 is 1.66 bits per heavy atom. The molecule has 0 amide bonds. The van der Waals surface area contributed by atoms with Crippen LogP contribution >= 0.6 is 0 Å². The van der Waals surface area contributed by atoms with Gasteiger partial charge in [-0.3, -0.25) is 9.20 Å². The molecule has 0 radical (unpaired) electrons. The molecule has 5 rings (SSSR count). The molecule has 0 spiro atoms. The van der Waals surface area contributed by atoms with Crippen LogP contribution in [0.25, 0.3) is 5.65 Å². The van der Waals surface area contributed by atoms with E-state index < -0.39 is 10.0 Å². The third kappa shape index (κ3) is 4.17. The standard InChI is InChI=1S/C26H27N5O3S/c1-16-12-21(18(3)28-22-10-6-7-11-23(22)35(27,33)34)25-29-24(17(2)26(32)31(25)13-16)30-14-19-8-4-5-9-20(19)15-30/h4-13,18,28H,14-15H2,1-3H3,(H2,27,33,34)/t18-/m0/s1. The van der Waals surface area contributed by atoms with E-state index in [1.54, 1.807) is 28.8 Å². The zero-order chi connectivity index (χ0) is 24.9. The van der Waals surface area contributed by atoms with Gasteiger partial charge in [0.15, 0.2) is 0 Å². The van der Waals surface area contributed by atoms with Crippen molar-refractivity contribution in [1.29, 1.82) is 0 Å². The third-order valence-electron chi connectivity index (χ3n) is 6.46. The van der Waals surface area contributed by atoms with E-state index in [1.807, 2.05) is 39.0 Å². The molecule has 2 aromatic carbocycles. The average Bonchev–Trinajstić information content (AvgIpc) is 3.25. The van der Waals surface area contributed by atoms with Crippen LogP contribution in [0.15, 0.2) is 70.5 Å². The third-order valence-corrected chi connectivity index (χ3v) is 7.43. The molecule has 8 nitrogen and oxygen atoms in total. The first-order valence-corrected chi connectivity index (χ1v) is 12.9. The number of rotatable bonds is 5. The highest BCUT2D eigenvalue weighted by Gasteiger charge is 2.25. The van der Waals surface area contributed by atoms with E-state index >= 15 is 0 Å². The van der Waals surface area contributed by atoms with Crippen molar-refractivity contribution in [3.05, 3.63) is 99.0 Å². The van der Waals surface area contributed by atoms with Crippen molar-refractivity contribution in [1.82, 2.24) is 9.38 Å². The fraction of sp³-hybridized carbons (Fsp3) is 0.231. The van der Waals surface area contributed by atoms with E-state index in [0.717, 1.165) is 11.1 Å². The van der Waals surface area contributed by atoms with Crippen molar-refractivity contribution < 1.29 is 8.42 Å². The predicted octanol–water partition coefficient (Wildman–Crippen LogP) is 3.65. The summed E-state index contributed by atoms with van der Waals surface area (Å²) in [6.45, 7) is 7.02. The number of nitrogens with zero attached hydrogens (tertiary/aromatic N) is 3. The number of fused-ring (bicyclic) bond motifs is 2. The molecule has 0 saturated heterocycles. The summed E-state index contributed by atoms with van der Waals surface area (Å²) in [5.41, 5.74) is 5.53. The lowest BCUT2D eigenvalue weighted by Gasteiger charge is -2.23. The highest BCUT2D eigenvalue weighted by Crippen LogP contribution is 2.31. The van der Waals surface area contributed by atoms with E-state index in [9.17, 15) is 13.2 Å². The number of aryl methyl sites for hydroxylation is 1. The van der Waals surface area contributed by atoms with Gasteiger partial charge in [0.1, 0.15) is 16.4 Å². The smallest absolute Gasteiger partial charge is 0.262 e. The second-order valence-corrected chi connectivity index (χ2v) is 10.6. The van der Waals surface area contributed by atoms with Gasteiger partial charge in [-0.2, -0.15) is 0 Å². The highest BCUT2D eigenvalue weighted by atomic mass is 32.2. The Morgan fingerprint density at radius 3 is 2.31 bits per heavy atom. The van der Waals surface area contributed by atoms with Gasteiger partial charge in [0, 0.05) is 24.8 Å². The summed E-state index contributed by atoms with van der Waals surface area (Å²) in [7, 11) is -3.91. The monoisotopic (exact) mass is 489 g/mol. The molecule has 3 heterocycles. The topological polar surface area (TPSA) is 110 Å². The number of para-hydroxylation sites is 1. The van der Waals surface area contributed by atoms with E-state index in [1.165, 1.54) is 17.2 Å². The number of nitrogens with one attached hydrogen (secondary N) is 1. The second kappa shape index (κ2) is 8.51. The van der Waals surface area contributed by atoms with Gasteiger partial charge in [-0.25, -0.2) is 18.5 Å². The van der Waals surface area contributed by atoms with Crippen molar-refractivity contribution in [2.24, 2.45) is 5.14 Å². The molecule has 0 aliphatic carbocycles. The van der Waals surface area contributed by atoms with Crippen LogP contribution in [0.1, 0.15) is 40.8 Å². The normalized spacial score (nSPS) is 14.2. The largest absolute Gasteiger partial charge is 0.377 e. The van der Waals surface area contributed by atoms with Crippen molar-refractivity contribution >= 4 is 27.2 Å². The molecule has 0 fully saturated rings. The molecule has 1 aliphatic rings. The minimum Gasteiger partial charge on any atom is -0.377 e. The maximum atomic E-state index is 13.4. The Balaban J connectivity index is 1.61. The second-order valence-electron chi connectivity index (χ2n) is 9.06. The predicted molar refractivity (Wildman–Crippen MR) is 137 cm³/mol. The minimum absolute atomic E-state index is 0.0142. The fourth-order valence-electron chi connectivity index (χ4n) is 4.74. The first-order valence-electron chi connectivity index (χ1n) is 11.4. The summed E-state index contributed by atoms with van der Waals surface area (Å²) in [6.07, 6.45) is 1.79. The summed E-state index contributed by atoms with van der Waals surface area (Å²) in [6, 6.07) is 16.4. The Hall–Kier alpha value is -3.69. The number of aromatic nitrogens is 2. The Morgan fingerprint density at radius 1 is 1.03 bits per heavy atom. The Labute approximate surface area is 204 Å². The molecule has 3 N–H and O–H groups in total. The van der Waals surface area contributed by atoms with Crippen LogP contribution in [0.4, 0.5) is 11.5 Å². The van der Waals surface area contributed by atoms with Gasteiger partial charge in [-0.1, -0.05) is 36.4 Å². The van der Waals surface area contributed by atoms with Crippen LogP contribution in [0, 0.1) is 13.8 Å². The molecule has 0 bridgehead atoms. The molecule has 0 saturated carbocycles. The lowest BCUT2D eigenvalue weighted by atomic mass is 10.1. The van der Waals surface area contributed by atoms with Crippen molar-refractivity contribution in [3.8, 4) is 0 Å². The summed E-state index contributed by atoms with van der Waals surface area (Å²) < 4.78 is 25.7. The molecule has 9 heteroatoms. The van der Waals surface area contributed by atoms with Gasteiger partial charge in [0.25, 0.3) is 5.56 Å². The molecule has 4 aromatic rings. The SMILES string of the molecule is Cc1cc([C@H](C)Nc2ccccc2S(N)(=O)=O)c2nc(N3Cc4ccccc4C3)c(C)c(=O)n2c1. The first-order chi connectivity index (χ1) is 16.6. The molecule has 0 unspecified atom stereocenters. The molecule has 35 heavy (non-hydrogen) atoms. The zero-order valence-electron chi connectivity index (χ0n) is 19.8. The number of benzene rings is 2. The number of primary sulfonamides is 1. The van der Waals surface area contributed by atoms with Gasteiger partial charge >= 0.3 is 0 Å². The number of hydrogen-bond acceptors (Lipinski definition) is 6. The minimum atomic E-state index is -3.91. The van der Waals surface area contributed by atoms with Gasteiger partial charge in [0.05, 0.1) is 17.3 Å².